The van der Waals surface area contributed by atoms with Gasteiger partial charge in [-0.1, -0.05) is 5.21 Å². The summed E-state index contributed by atoms with van der Waals surface area (Å²) in [6, 6.07) is 0.359. The molecule has 2 heterocycles. The first-order valence-corrected chi connectivity index (χ1v) is 6.05. The van der Waals surface area contributed by atoms with Gasteiger partial charge in [0.1, 0.15) is 6.54 Å². The van der Waals surface area contributed by atoms with E-state index < -0.39 is 5.97 Å². The molecule has 1 aliphatic rings. The van der Waals surface area contributed by atoms with E-state index in [-0.39, 0.29) is 18.1 Å². The zero-order valence-corrected chi connectivity index (χ0v) is 11.0. The van der Waals surface area contributed by atoms with Crippen LogP contribution in [0.5, 0.6) is 0 Å². The Bertz CT molecular complexity index is 484. The fourth-order valence-electron chi connectivity index (χ4n) is 2.12. The van der Waals surface area contributed by atoms with Crippen molar-refractivity contribution in [2.75, 3.05) is 27.2 Å². The summed E-state index contributed by atoms with van der Waals surface area (Å²) in [5.74, 6) is -1.21. The molecule has 8 heteroatoms. The van der Waals surface area contributed by atoms with E-state index >= 15 is 0 Å². The summed E-state index contributed by atoms with van der Waals surface area (Å²) in [5, 5.41) is 16.0. The molecule has 2 rings (SSSR count). The Morgan fingerprint density at radius 3 is 2.84 bits per heavy atom. The highest BCUT2D eigenvalue weighted by molar-refractivity contribution is 5.92. The number of likely N-dealkylation sites (N-methyl/N-ethyl adjacent to an activating group) is 1. The lowest BCUT2D eigenvalue weighted by molar-refractivity contribution is -0.137. The number of aromatic nitrogens is 3. The Hall–Kier alpha value is -1.96. The van der Waals surface area contributed by atoms with E-state index in [0.717, 1.165) is 11.1 Å². The Morgan fingerprint density at radius 1 is 1.53 bits per heavy atom. The van der Waals surface area contributed by atoms with Gasteiger partial charge in [0.25, 0.3) is 5.91 Å². The second kappa shape index (κ2) is 5.35. The van der Waals surface area contributed by atoms with Crippen molar-refractivity contribution in [1.29, 1.82) is 0 Å². The van der Waals surface area contributed by atoms with Crippen LogP contribution in [0, 0.1) is 0 Å². The average molecular weight is 267 g/mol. The van der Waals surface area contributed by atoms with Crippen molar-refractivity contribution in [1.82, 2.24) is 24.8 Å². The molecule has 0 bridgehead atoms. The molecule has 0 saturated carbocycles. The first kappa shape index (κ1) is 13.5. The van der Waals surface area contributed by atoms with Crippen LogP contribution in [0.4, 0.5) is 0 Å². The summed E-state index contributed by atoms with van der Waals surface area (Å²) < 4.78 is 1.15. The summed E-state index contributed by atoms with van der Waals surface area (Å²) in [6.07, 6.45) is 2.31. The van der Waals surface area contributed by atoms with Gasteiger partial charge in [-0.2, -0.15) is 0 Å². The van der Waals surface area contributed by atoms with Crippen LogP contribution in [0.15, 0.2) is 6.20 Å². The first-order valence-electron chi connectivity index (χ1n) is 6.05. The van der Waals surface area contributed by atoms with E-state index in [2.05, 4.69) is 15.2 Å². The molecule has 1 N–H and O–H groups in total. The van der Waals surface area contributed by atoms with Crippen LogP contribution < -0.4 is 0 Å². The summed E-state index contributed by atoms with van der Waals surface area (Å²) in [7, 11) is 3.98. The second-order valence-corrected chi connectivity index (χ2v) is 4.85. The molecule has 0 radical (unpaired) electrons. The number of carbonyl (C=O) groups is 2. The van der Waals surface area contributed by atoms with Gasteiger partial charge in [-0.25, -0.2) is 4.68 Å². The number of hydrogen-bond donors (Lipinski definition) is 1. The van der Waals surface area contributed by atoms with Gasteiger partial charge < -0.3 is 14.9 Å². The van der Waals surface area contributed by atoms with Crippen molar-refractivity contribution in [2.45, 2.75) is 19.0 Å². The minimum atomic E-state index is -1.02. The Morgan fingerprint density at radius 2 is 2.26 bits per heavy atom. The number of carboxylic acid groups (broad SMARTS) is 1. The largest absolute Gasteiger partial charge is 0.480 e. The number of rotatable bonds is 4. The monoisotopic (exact) mass is 267 g/mol. The predicted molar refractivity (Wildman–Crippen MR) is 65.7 cm³/mol. The number of hydrogen-bond acceptors (Lipinski definition) is 5. The summed E-state index contributed by atoms with van der Waals surface area (Å²) in [6.45, 7) is 1.06. The molecule has 1 unspecified atom stereocenters. The van der Waals surface area contributed by atoms with Crippen LogP contribution in [0.25, 0.3) is 0 Å². The third-order valence-electron chi connectivity index (χ3n) is 3.24. The van der Waals surface area contributed by atoms with Crippen LogP contribution >= 0.6 is 0 Å². The molecule has 1 amide bonds. The normalized spacial score (nSPS) is 19.1. The number of carbonyl (C=O) groups excluding carboxylic acids is 1. The molecule has 0 aliphatic carbocycles. The molecule has 1 aromatic rings. The standard InChI is InChI=1S/C11H17N5O3/c1-14(2)8-3-4-15(5-8)11(19)9-6-16(13-12-9)7-10(17)18/h6,8H,3-5,7H2,1-2H3,(H,17,18). The Balaban J connectivity index is 2.00. The SMILES string of the molecule is CN(C)C1CCN(C(=O)c2cn(CC(=O)O)nn2)C1. The number of aliphatic carboxylic acids is 1. The van der Waals surface area contributed by atoms with Crippen molar-refractivity contribution >= 4 is 11.9 Å². The quantitative estimate of drug-likeness (QED) is 0.763. The molecule has 0 aromatic carbocycles. The van der Waals surface area contributed by atoms with Gasteiger partial charge in [-0.05, 0) is 20.5 Å². The molecule has 0 spiro atoms. The third-order valence-corrected chi connectivity index (χ3v) is 3.24. The minimum Gasteiger partial charge on any atom is -0.480 e. The van der Waals surface area contributed by atoms with Gasteiger partial charge in [-0.3, -0.25) is 9.59 Å². The van der Waals surface area contributed by atoms with E-state index in [4.69, 9.17) is 5.11 Å². The molecule has 1 aromatic heterocycles. The summed E-state index contributed by atoms with van der Waals surface area (Å²) >= 11 is 0. The van der Waals surface area contributed by atoms with E-state index in [1.165, 1.54) is 6.20 Å². The van der Waals surface area contributed by atoms with Gasteiger partial charge in [0.2, 0.25) is 0 Å². The van der Waals surface area contributed by atoms with Gasteiger partial charge >= 0.3 is 5.97 Å². The van der Waals surface area contributed by atoms with E-state index in [0.29, 0.717) is 19.1 Å². The maximum atomic E-state index is 12.2. The highest BCUT2D eigenvalue weighted by Gasteiger charge is 2.29. The summed E-state index contributed by atoms with van der Waals surface area (Å²) in [4.78, 5) is 26.5. The lowest BCUT2D eigenvalue weighted by atomic mass is 10.2. The zero-order valence-electron chi connectivity index (χ0n) is 11.0. The molecule has 1 aliphatic heterocycles. The predicted octanol–water partition coefficient (Wildman–Crippen LogP) is -0.861. The molecule has 8 nitrogen and oxygen atoms in total. The van der Waals surface area contributed by atoms with Crippen LogP contribution in [0.2, 0.25) is 0 Å². The second-order valence-electron chi connectivity index (χ2n) is 4.85. The lowest BCUT2D eigenvalue weighted by Gasteiger charge is -2.19. The highest BCUT2D eigenvalue weighted by Crippen LogP contribution is 2.15. The van der Waals surface area contributed by atoms with E-state index in [1.807, 2.05) is 14.1 Å². The average Bonchev–Trinajstić information content (AvgIpc) is 2.95. The van der Waals surface area contributed by atoms with E-state index in [9.17, 15) is 9.59 Å². The van der Waals surface area contributed by atoms with Crippen molar-refractivity contribution in [3.05, 3.63) is 11.9 Å². The fourth-order valence-corrected chi connectivity index (χ4v) is 2.12. The lowest BCUT2D eigenvalue weighted by Crippen LogP contribution is -2.34. The van der Waals surface area contributed by atoms with Gasteiger partial charge in [-0.15, -0.1) is 5.10 Å². The van der Waals surface area contributed by atoms with Gasteiger partial charge in [0.15, 0.2) is 5.69 Å². The topological polar surface area (TPSA) is 91.6 Å². The molecule has 104 valence electrons. The number of amides is 1. The van der Waals surface area contributed by atoms with Crippen molar-refractivity contribution in [2.24, 2.45) is 0 Å². The zero-order chi connectivity index (χ0) is 14.0. The van der Waals surface area contributed by atoms with Gasteiger partial charge in [0, 0.05) is 19.1 Å². The summed E-state index contributed by atoms with van der Waals surface area (Å²) in [5.41, 5.74) is 0.195. The molecular formula is C11H17N5O3. The van der Waals surface area contributed by atoms with Gasteiger partial charge in [0.05, 0.1) is 6.20 Å². The third kappa shape index (κ3) is 3.08. The van der Waals surface area contributed by atoms with Crippen LogP contribution in [-0.4, -0.2) is 75.0 Å². The maximum absolute atomic E-state index is 12.2. The Labute approximate surface area is 110 Å². The van der Waals surface area contributed by atoms with E-state index in [1.54, 1.807) is 4.90 Å². The van der Waals surface area contributed by atoms with Crippen molar-refractivity contribution in [3.63, 3.8) is 0 Å². The molecule has 1 fully saturated rings. The number of nitrogens with zero attached hydrogens (tertiary/aromatic N) is 5. The molecule has 19 heavy (non-hydrogen) atoms. The number of likely N-dealkylation sites (tertiary alicyclic amines) is 1. The maximum Gasteiger partial charge on any atom is 0.325 e. The van der Waals surface area contributed by atoms with Crippen molar-refractivity contribution < 1.29 is 14.7 Å². The highest BCUT2D eigenvalue weighted by atomic mass is 16.4. The number of carboxylic acids is 1. The fraction of sp³-hybridized carbons (Fsp3) is 0.636. The van der Waals surface area contributed by atoms with Crippen molar-refractivity contribution in [3.8, 4) is 0 Å². The van der Waals surface area contributed by atoms with Crippen LogP contribution in [0.1, 0.15) is 16.9 Å². The van der Waals surface area contributed by atoms with Crippen LogP contribution in [0.3, 0.4) is 0 Å². The first-order chi connectivity index (χ1) is 8.97. The molecule has 1 saturated heterocycles. The Kier molecular flexibility index (Phi) is 3.79. The molecule has 1 atom stereocenters. The smallest absolute Gasteiger partial charge is 0.325 e. The molecular weight excluding hydrogens is 250 g/mol. The van der Waals surface area contributed by atoms with Crippen LogP contribution in [-0.2, 0) is 11.3 Å². The minimum absolute atomic E-state index is 0.194.